The maximum Gasteiger partial charge on any atom is 0.202 e. The highest BCUT2D eigenvalue weighted by molar-refractivity contribution is 5.39. The molecule has 21 heavy (non-hydrogen) atoms. The lowest BCUT2D eigenvalue weighted by atomic mass is 9.92. The van der Waals surface area contributed by atoms with Crippen molar-refractivity contribution in [2.45, 2.75) is 5.66 Å². The van der Waals surface area contributed by atoms with Crippen molar-refractivity contribution in [1.82, 2.24) is 0 Å². The summed E-state index contributed by atoms with van der Waals surface area (Å²) in [6, 6.07) is 28.6. The molecule has 0 radical (unpaired) electrons. The summed E-state index contributed by atoms with van der Waals surface area (Å²) in [7, 11) is 0. The van der Waals surface area contributed by atoms with E-state index in [0.29, 0.717) is 0 Å². The first-order chi connectivity index (χ1) is 10.4. The minimum atomic E-state index is -0.661. The van der Waals surface area contributed by atoms with Crippen LogP contribution < -0.4 is 10.7 Å². The maximum atomic E-state index is 4.96. The van der Waals surface area contributed by atoms with Gasteiger partial charge in [0.25, 0.3) is 0 Å². The van der Waals surface area contributed by atoms with Crippen molar-refractivity contribution in [3.05, 3.63) is 107 Å². The Morgan fingerprint density at radius 2 is 0.857 bits per heavy atom. The Bertz CT molecular complexity index is 807. The predicted octanol–water partition coefficient (Wildman–Crippen LogP) is 2.84. The molecule has 0 bridgehead atoms. The molecule has 2 heteroatoms. The van der Waals surface area contributed by atoms with Gasteiger partial charge in [-0.3, -0.25) is 0 Å². The van der Waals surface area contributed by atoms with E-state index in [1.807, 2.05) is 60.7 Å². The molecule has 0 saturated heterocycles. The van der Waals surface area contributed by atoms with Crippen LogP contribution in [0.2, 0.25) is 0 Å². The normalized spacial score (nSPS) is 14.9. The molecule has 2 nitrogen and oxygen atoms in total. The summed E-state index contributed by atoms with van der Waals surface area (Å²) in [6.07, 6.45) is 0. The number of fused-ring (bicyclic) bond motifs is 1. The lowest BCUT2D eigenvalue weighted by Gasteiger charge is -2.24. The zero-order chi connectivity index (χ0) is 14.1. The van der Waals surface area contributed by atoms with Crippen LogP contribution in [0.1, 0.15) is 11.1 Å². The van der Waals surface area contributed by atoms with Crippen LogP contribution in [0, 0.1) is 0 Å². The van der Waals surface area contributed by atoms with Crippen LogP contribution in [0.15, 0.2) is 94.9 Å². The number of rotatable bonds is 2. The Labute approximate surface area is 123 Å². The van der Waals surface area contributed by atoms with E-state index in [0.717, 1.165) is 21.8 Å². The van der Waals surface area contributed by atoms with E-state index < -0.39 is 5.66 Å². The maximum absolute atomic E-state index is 4.96. The van der Waals surface area contributed by atoms with Crippen molar-refractivity contribution in [2.75, 3.05) is 0 Å². The summed E-state index contributed by atoms with van der Waals surface area (Å²) in [6.45, 7) is 0. The first kappa shape index (κ1) is 12.0. The van der Waals surface area contributed by atoms with Gasteiger partial charge < -0.3 is 0 Å². The molecule has 0 aliphatic carbocycles. The molecule has 0 N–H and O–H groups in total. The van der Waals surface area contributed by atoms with Crippen molar-refractivity contribution >= 4 is 0 Å². The molecule has 3 aromatic carbocycles. The molecule has 1 aliphatic heterocycles. The highest BCUT2D eigenvalue weighted by atomic mass is 15.1. The van der Waals surface area contributed by atoms with Crippen molar-refractivity contribution in [1.29, 1.82) is 0 Å². The van der Waals surface area contributed by atoms with Crippen LogP contribution in [-0.4, -0.2) is 0 Å². The number of hydrogen-bond acceptors (Lipinski definition) is 2. The van der Waals surface area contributed by atoms with Crippen molar-refractivity contribution in [3.63, 3.8) is 0 Å². The molecule has 0 fully saturated rings. The predicted molar refractivity (Wildman–Crippen MR) is 82.4 cm³/mol. The minimum Gasteiger partial charge on any atom is -0.244 e. The van der Waals surface area contributed by atoms with Crippen LogP contribution in [0.4, 0.5) is 0 Å². The Morgan fingerprint density at radius 1 is 0.476 bits per heavy atom. The Hall–Kier alpha value is -2.74. The van der Waals surface area contributed by atoms with Gasteiger partial charge in [-0.1, -0.05) is 72.8 Å². The summed E-state index contributed by atoms with van der Waals surface area (Å²) in [5.74, 6) is 0. The second kappa shape index (κ2) is 4.67. The molecule has 0 aromatic heterocycles. The number of nitrogens with zero attached hydrogens (tertiary/aromatic N) is 2. The van der Waals surface area contributed by atoms with Crippen LogP contribution in [-0.2, 0) is 5.66 Å². The smallest absolute Gasteiger partial charge is 0.202 e. The summed E-state index contributed by atoms with van der Waals surface area (Å²) in [5.41, 5.74) is 1.52. The van der Waals surface area contributed by atoms with Crippen LogP contribution in [0.3, 0.4) is 0 Å². The summed E-state index contributed by atoms with van der Waals surface area (Å²) in [4.78, 5) is 9.91. The highest BCUT2D eigenvalue weighted by Crippen LogP contribution is 2.35. The zero-order valence-electron chi connectivity index (χ0n) is 11.5. The molecule has 3 aromatic rings. The molecule has 0 saturated carbocycles. The Morgan fingerprint density at radius 3 is 1.29 bits per heavy atom. The topological polar surface area (TPSA) is 24.7 Å². The third kappa shape index (κ3) is 1.88. The number of hydrogen-bond donors (Lipinski definition) is 0. The summed E-state index contributed by atoms with van der Waals surface area (Å²) in [5, 5.41) is 1.90. The Balaban J connectivity index is 2.05. The fourth-order valence-electron chi connectivity index (χ4n) is 2.79. The zero-order valence-corrected chi connectivity index (χ0v) is 11.5. The van der Waals surface area contributed by atoms with Gasteiger partial charge in [-0.25, -0.2) is 9.98 Å². The third-order valence-electron chi connectivity index (χ3n) is 3.80. The average molecular weight is 270 g/mol. The molecular formula is C19H14N2. The molecule has 100 valence electrons. The molecule has 0 amide bonds. The van der Waals surface area contributed by atoms with Crippen LogP contribution >= 0.6 is 0 Å². The van der Waals surface area contributed by atoms with Crippen molar-refractivity contribution in [2.24, 2.45) is 9.98 Å². The summed E-state index contributed by atoms with van der Waals surface area (Å²) >= 11 is 0. The Kier molecular flexibility index (Phi) is 2.68. The van der Waals surface area contributed by atoms with Crippen molar-refractivity contribution < 1.29 is 0 Å². The van der Waals surface area contributed by atoms with Gasteiger partial charge in [-0.05, 0) is 12.1 Å². The molecule has 1 heterocycles. The van der Waals surface area contributed by atoms with Crippen LogP contribution in [0.5, 0.6) is 0 Å². The van der Waals surface area contributed by atoms with E-state index in [2.05, 4.69) is 24.3 Å². The number of para-hydroxylation sites is 2. The van der Waals surface area contributed by atoms with E-state index in [4.69, 9.17) is 9.98 Å². The number of benzene rings is 3. The van der Waals surface area contributed by atoms with Gasteiger partial charge in [-0.15, -0.1) is 0 Å². The SMILES string of the molecule is c1ccc(C2(c3ccccc3)N=c3ccccc3=N2)cc1. The first-order valence-electron chi connectivity index (χ1n) is 7.04. The quantitative estimate of drug-likeness (QED) is 0.684. The van der Waals surface area contributed by atoms with Gasteiger partial charge in [0.05, 0.1) is 10.7 Å². The fraction of sp³-hybridized carbons (Fsp3) is 0.0526. The molecule has 0 atom stereocenters. The van der Waals surface area contributed by atoms with E-state index in [-0.39, 0.29) is 0 Å². The standard InChI is InChI=1S/C19H14N2/c1-3-9-15(10-4-1)19(16-11-5-2-6-12-16)20-17-13-7-8-14-18(17)21-19/h1-14H. The first-order valence-corrected chi connectivity index (χ1v) is 7.04. The molecule has 4 rings (SSSR count). The lowest BCUT2D eigenvalue weighted by Crippen LogP contribution is -2.22. The van der Waals surface area contributed by atoms with Crippen LogP contribution in [0.25, 0.3) is 0 Å². The second-order valence-corrected chi connectivity index (χ2v) is 5.12. The van der Waals surface area contributed by atoms with Gasteiger partial charge in [0.2, 0.25) is 5.66 Å². The lowest BCUT2D eigenvalue weighted by molar-refractivity contribution is 0.569. The van der Waals surface area contributed by atoms with Gasteiger partial charge in [0.15, 0.2) is 0 Å². The highest BCUT2D eigenvalue weighted by Gasteiger charge is 2.35. The molecule has 1 aliphatic rings. The third-order valence-corrected chi connectivity index (χ3v) is 3.80. The average Bonchev–Trinajstić information content (AvgIpc) is 2.97. The minimum absolute atomic E-state index is 0.661. The summed E-state index contributed by atoms with van der Waals surface area (Å²) < 4.78 is 0. The molecule has 0 spiro atoms. The van der Waals surface area contributed by atoms with E-state index >= 15 is 0 Å². The van der Waals surface area contributed by atoms with E-state index in [9.17, 15) is 0 Å². The van der Waals surface area contributed by atoms with Crippen molar-refractivity contribution in [3.8, 4) is 0 Å². The van der Waals surface area contributed by atoms with Gasteiger partial charge in [0.1, 0.15) is 0 Å². The van der Waals surface area contributed by atoms with Gasteiger partial charge in [0, 0.05) is 11.1 Å². The van der Waals surface area contributed by atoms with Gasteiger partial charge in [-0.2, -0.15) is 0 Å². The second-order valence-electron chi connectivity index (χ2n) is 5.12. The molecule has 0 unspecified atom stereocenters. The van der Waals surface area contributed by atoms with Gasteiger partial charge >= 0.3 is 0 Å². The largest absolute Gasteiger partial charge is 0.244 e. The van der Waals surface area contributed by atoms with E-state index in [1.165, 1.54) is 0 Å². The van der Waals surface area contributed by atoms with E-state index in [1.54, 1.807) is 0 Å². The molecular weight excluding hydrogens is 256 g/mol. The monoisotopic (exact) mass is 270 g/mol. The fourth-order valence-corrected chi connectivity index (χ4v) is 2.79.